The summed E-state index contributed by atoms with van der Waals surface area (Å²) in [5.74, 6) is 0.540. The normalized spacial score (nSPS) is 11.5. The Labute approximate surface area is 157 Å². The Morgan fingerprint density at radius 2 is 1.62 bits per heavy atom. The van der Waals surface area contributed by atoms with E-state index in [0.29, 0.717) is 5.75 Å². The van der Waals surface area contributed by atoms with E-state index in [2.05, 4.69) is 45.1 Å². The lowest BCUT2D eigenvalue weighted by atomic mass is 9.87. The van der Waals surface area contributed by atoms with Crippen molar-refractivity contribution in [1.29, 1.82) is 0 Å². The van der Waals surface area contributed by atoms with E-state index >= 15 is 0 Å². The Morgan fingerprint density at radius 1 is 1.00 bits per heavy atom. The minimum absolute atomic E-state index is 0.00273. The average Bonchev–Trinajstić information content (AvgIpc) is 2.59. The molecule has 0 heterocycles. The van der Waals surface area contributed by atoms with Crippen LogP contribution in [0.4, 0.5) is 5.69 Å². The van der Waals surface area contributed by atoms with E-state index in [1.54, 1.807) is 0 Å². The van der Waals surface area contributed by atoms with Gasteiger partial charge in [0.15, 0.2) is 6.61 Å². The van der Waals surface area contributed by atoms with Gasteiger partial charge in [-0.2, -0.15) is 0 Å². The first-order valence-corrected chi connectivity index (χ1v) is 9.01. The van der Waals surface area contributed by atoms with Gasteiger partial charge in [0.25, 0.3) is 5.91 Å². The first-order valence-electron chi connectivity index (χ1n) is 9.01. The zero-order valence-corrected chi connectivity index (χ0v) is 16.5. The summed E-state index contributed by atoms with van der Waals surface area (Å²) < 4.78 is 5.58. The van der Waals surface area contributed by atoms with E-state index in [1.165, 1.54) is 11.1 Å². The van der Waals surface area contributed by atoms with E-state index in [1.807, 2.05) is 48.5 Å². The molecule has 1 N–H and O–H groups in total. The molecule has 0 bridgehead atoms. The maximum Gasteiger partial charge on any atom is 0.262 e. The van der Waals surface area contributed by atoms with Gasteiger partial charge in [-0.05, 0) is 61.3 Å². The minimum atomic E-state index is -0.161. The number of benzene rings is 2. The summed E-state index contributed by atoms with van der Waals surface area (Å²) in [5, 5.41) is 2.87. The molecular formula is C22H30N2O2. The zero-order chi connectivity index (χ0) is 19.2. The number of hydrogen-bond acceptors (Lipinski definition) is 3. The number of amides is 1. The second kappa shape index (κ2) is 8.86. The van der Waals surface area contributed by atoms with Gasteiger partial charge in [0, 0.05) is 12.2 Å². The fourth-order valence-electron chi connectivity index (χ4n) is 2.50. The Kier molecular flexibility index (Phi) is 6.81. The summed E-state index contributed by atoms with van der Waals surface area (Å²) in [6, 6.07) is 15.9. The largest absolute Gasteiger partial charge is 0.484 e. The molecule has 0 saturated heterocycles. The monoisotopic (exact) mass is 354 g/mol. The highest BCUT2D eigenvalue weighted by atomic mass is 16.5. The predicted molar refractivity (Wildman–Crippen MR) is 108 cm³/mol. The SMILES string of the molecule is CN(C)CCc1ccc(NC(=O)COc2ccc(C(C)(C)C)cc2)cc1. The maximum atomic E-state index is 12.1. The number of nitrogens with one attached hydrogen (secondary N) is 1. The topological polar surface area (TPSA) is 41.6 Å². The number of nitrogens with zero attached hydrogens (tertiary/aromatic N) is 1. The summed E-state index contributed by atoms with van der Waals surface area (Å²) in [6.45, 7) is 7.51. The Hall–Kier alpha value is -2.33. The molecule has 2 rings (SSSR count). The van der Waals surface area contributed by atoms with Crippen LogP contribution in [0, 0.1) is 0 Å². The van der Waals surface area contributed by atoms with Crippen LogP contribution in [0.2, 0.25) is 0 Å². The van der Waals surface area contributed by atoms with Crippen LogP contribution < -0.4 is 10.1 Å². The van der Waals surface area contributed by atoms with Gasteiger partial charge in [-0.25, -0.2) is 0 Å². The molecular weight excluding hydrogens is 324 g/mol. The second-order valence-corrected chi connectivity index (χ2v) is 7.86. The number of carbonyl (C=O) groups excluding carboxylic acids is 1. The van der Waals surface area contributed by atoms with Crippen molar-refractivity contribution in [2.75, 3.05) is 32.6 Å². The van der Waals surface area contributed by atoms with Crippen LogP contribution >= 0.6 is 0 Å². The van der Waals surface area contributed by atoms with Gasteiger partial charge in [-0.15, -0.1) is 0 Å². The number of likely N-dealkylation sites (N-methyl/N-ethyl adjacent to an activating group) is 1. The van der Waals surface area contributed by atoms with Crippen LogP contribution in [0.1, 0.15) is 31.9 Å². The molecule has 0 saturated carbocycles. The van der Waals surface area contributed by atoms with Crippen molar-refractivity contribution in [2.45, 2.75) is 32.6 Å². The maximum absolute atomic E-state index is 12.1. The molecule has 4 heteroatoms. The third kappa shape index (κ3) is 6.52. The molecule has 0 atom stereocenters. The fraction of sp³-hybridized carbons (Fsp3) is 0.409. The number of carbonyl (C=O) groups is 1. The van der Waals surface area contributed by atoms with Crippen LogP contribution in [0.25, 0.3) is 0 Å². The number of anilines is 1. The van der Waals surface area contributed by atoms with Crippen molar-refractivity contribution in [3.05, 3.63) is 59.7 Å². The lowest BCUT2D eigenvalue weighted by Crippen LogP contribution is -2.20. The van der Waals surface area contributed by atoms with Crippen molar-refractivity contribution in [3.63, 3.8) is 0 Å². The molecule has 2 aromatic carbocycles. The highest BCUT2D eigenvalue weighted by Gasteiger charge is 2.13. The summed E-state index contributed by atoms with van der Waals surface area (Å²) in [5.41, 5.74) is 3.39. The third-order valence-corrected chi connectivity index (χ3v) is 4.18. The molecule has 0 radical (unpaired) electrons. The van der Waals surface area contributed by atoms with Gasteiger partial charge < -0.3 is 15.0 Å². The lowest BCUT2D eigenvalue weighted by molar-refractivity contribution is -0.118. The molecule has 1 amide bonds. The molecule has 0 aliphatic heterocycles. The summed E-state index contributed by atoms with van der Waals surface area (Å²) in [6.07, 6.45) is 0.995. The third-order valence-electron chi connectivity index (χ3n) is 4.18. The molecule has 0 aromatic heterocycles. The number of hydrogen-bond donors (Lipinski definition) is 1. The molecule has 0 aliphatic carbocycles. The van der Waals surface area contributed by atoms with Crippen molar-refractivity contribution >= 4 is 11.6 Å². The standard InChI is InChI=1S/C22H30N2O2/c1-22(2,3)18-8-12-20(13-9-18)26-16-21(25)23-19-10-6-17(7-11-19)14-15-24(4)5/h6-13H,14-16H2,1-5H3,(H,23,25). The van der Waals surface area contributed by atoms with Gasteiger partial charge in [0.2, 0.25) is 0 Å². The van der Waals surface area contributed by atoms with Crippen molar-refractivity contribution in [1.82, 2.24) is 4.90 Å². The van der Waals surface area contributed by atoms with E-state index < -0.39 is 0 Å². The molecule has 26 heavy (non-hydrogen) atoms. The van der Waals surface area contributed by atoms with Crippen LogP contribution in [-0.4, -0.2) is 38.1 Å². The van der Waals surface area contributed by atoms with Gasteiger partial charge in [0.1, 0.15) is 5.75 Å². The first kappa shape index (κ1) is 20.0. The predicted octanol–water partition coefficient (Wildman–Crippen LogP) is 4.11. The molecule has 0 spiro atoms. The quantitative estimate of drug-likeness (QED) is 0.814. The van der Waals surface area contributed by atoms with Crippen molar-refractivity contribution in [2.24, 2.45) is 0 Å². The Bertz CT molecular complexity index is 698. The smallest absolute Gasteiger partial charge is 0.262 e. The molecule has 2 aromatic rings. The molecule has 0 fully saturated rings. The number of ether oxygens (including phenoxy) is 1. The molecule has 0 aliphatic rings. The average molecular weight is 354 g/mol. The van der Waals surface area contributed by atoms with Gasteiger partial charge in [-0.3, -0.25) is 4.79 Å². The number of rotatable bonds is 7. The molecule has 4 nitrogen and oxygen atoms in total. The molecule has 140 valence electrons. The Morgan fingerprint density at radius 3 is 2.15 bits per heavy atom. The van der Waals surface area contributed by atoms with E-state index in [-0.39, 0.29) is 17.9 Å². The van der Waals surface area contributed by atoms with Gasteiger partial charge in [-0.1, -0.05) is 45.0 Å². The minimum Gasteiger partial charge on any atom is -0.484 e. The van der Waals surface area contributed by atoms with E-state index in [4.69, 9.17) is 4.74 Å². The summed E-state index contributed by atoms with van der Waals surface area (Å²) >= 11 is 0. The van der Waals surface area contributed by atoms with Crippen LogP contribution in [0.3, 0.4) is 0 Å². The van der Waals surface area contributed by atoms with Crippen LogP contribution in [0.15, 0.2) is 48.5 Å². The second-order valence-electron chi connectivity index (χ2n) is 7.86. The highest BCUT2D eigenvalue weighted by Crippen LogP contribution is 2.24. The fourth-order valence-corrected chi connectivity index (χ4v) is 2.50. The van der Waals surface area contributed by atoms with E-state index in [9.17, 15) is 4.79 Å². The van der Waals surface area contributed by atoms with Crippen molar-refractivity contribution < 1.29 is 9.53 Å². The van der Waals surface area contributed by atoms with Crippen LogP contribution in [-0.2, 0) is 16.6 Å². The highest BCUT2D eigenvalue weighted by molar-refractivity contribution is 5.91. The molecule has 0 unspecified atom stereocenters. The Balaban J connectivity index is 1.81. The summed E-state index contributed by atoms with van der Waals surface area (Å²) in [4.78, 5) is 14.2. The van der Waals surface area contributed by atoms with Gasteiger partial charge in [0.05, 0.1) is 0 Å². The van der Waals surface area contributed by atoms with Gasteiger partial charge >= 0.3 is 0 Å². The van der Waals surface area contributed by atoms with Crippen molar-refractivity contribution in [3.8, 4) is 5.75 Å². The van der Waals surface area contributed by atoms with Crippen LogP contribution in [0.5, 0.6) is 5.75 Å². The first-order chi connectivity index (χ1) is 12.2. The lowest BCUT2D eigenvalue weighted by Gasteiger charge is -2.19. The summed E-state index contributed by atoms with van der Waals surface area (Å²) in [7, 11) is 4.12. The van der Waals surface area contributed by atoms with E-state index in [0.717, 1.165) is 18.7 Å². The zero-order valence-electron chi connectivity index (χ0n) is 16.5.